The highest BCUT2D eigenvalue weighted by molar-refractivity contribution is 5.85. The van der Waals surface area contributed by atoms with Crippen LogP contribution in [0.1, 0.15) is 35.8 Å². The number of aryl methyl sites for hydroxylation is 2. The maximum atomic E-state index is 4.66. The molecule has 1 aliphatic heterocycles. The second kappa shape index (κ2) is 7.01. The van der Waals surface area contributed by atoms with Gasteiger partial charge in [-0.05, 0) is 45.8 Å². The van der Waals surface area contributed by atoms with Crippen LogP contribution in [0.5, 0.6) is 0 Å². The Kier molecular flexibility index (Phi) is 5.32. The minimum Gasteiger partial charge on any atom is -0.317 e. The van der Waals surface area contributed by atoms with Crippen molar-refractivity contribution in [3.63, 3.8) is 0 Å². The molecule has 1 aliphatic rings. The van der Waals surface area contributed by atoms with E-state index in [0.717, 1.165) is 24.6 Å². The summed E-state index contributed by atoms with van der Waals surface area (Å²) in [5.41, 5.74) is 4.70. The lowest BCUT2D eigenvalue weighted by atomic mass is 9.93. The number of nitrogens with zero attached hydrogens (tertiary/aromatic N) is 2. The Morgan fingerprint density at radius 3 is 2.33 bits per heavy atom. The molecule has 2 heterocycles. The second-order valence-corrected chi connectivity index (χ2v) is 5.62. The van der Waals surface area contributed by atoms with Crippen LogP contribution in [0.25, 0.3) is 11.3 Å². The number of piperidine rings is 1. The Hall–Kier alpha value is -1.45. The zero-order valence-corrected chi connectivity index (χ0v) is 13.4. The van der Waals surface area contributed by atoms with Crippen molar-refractivity contribution in [1.29, 1.82) is 0 Å². The fraction of sp³-hybridized carbons (Fsp3) is 0.412. The lowest BCUT2D eigenvalue weighted by Crippen LogP contribution is -2.27. The van der Waals surface area contributed by atoms with Gasteiger partial charge in [-0.25, -0.2) is 9.97 Å². The van der Waals surface area contributed by atoms with Gasteiger partial charge in [-0.15, -0.1) is 12.4 Å². The summed E-state index contributed by atoms with van der Waals surface area (Å²) in [6, 6.07) is 10.7. The van der Waals surface area contributed by atoms with Crippen molar-refractivity contribution in [2.75, 3.05) is 13.1 Å². The van der Waals surface area contributed by atoms with Crippen molar-refractivity contribution < 1.29 is 0 Å². The Morgan fingerprint density at radius 1 is 1.00 bits per heavy atom. The van der Waals surface area contributed by atoms with E-state index in [1.54, 1.807) is 0 Å². The van der Waals surface area contributed by atoms with Gasteiger partial charge in [0, 0.05) is 17.2 Å². The molecule has 0 spiro atoms. The molecule has 0 aliphatic carbocycles. The van der Waals surface area contributed by atoms with E-state index < -0.39 is 0 Å². The molecule has 1 aromatic heterocycles. The molecule has 0 amide bonds. The van der Waals surface area contributed by atoms with Crippen LogP contribution in [0.3, 0.4) is 0 Å². The first-order valence-corrected chi connectivity index (χ1v) is 7.36. The Bertz CT molecular complexity index is 589. The third-order valence-electron chi connectivity index (χ3n) is 3.96. The van der Waals surface area contributed by atoms with E-state index in [0.29, 0.717) is 5.92 Å². The molecule has 0 bridgehead atoms. The SMILES string of the molecule is Cc1ccc(-c2cc(C3CCNCC3)nc(C)n2)cc1.Cl. The molecule has 4 heteroatoms. The van der Waals surface area contributed by atoms with Crippen molar-refractivity contribution in [1.82, 2.24) is 15.3 Å². The summed E-state index contributed by atoms with van der Waals surface area (Å²) < 4.78 is 0. The number of nitrogens with one attached hydrogen (secondary N) is 1. The van der Waals surface area contributed by atoms with E-state index in [1.807, 2.05) is 6.92 Å². The Morgan fingerprint density at radius 2 is 1.67 bits per heavy atom. The summed E-state index contributed by atoms with van der Waals surface area (Å²) in [4.78, 5) is 9.26. The van der Waals surface area contributed by atoms with Crippen LogP contribution in [0.2, 0.25) is 0 Å². The molecule has 1 aromatic carbocycles. The zero-order valence-electron chi connectivity index (χ0n) is 12.6. The van der Waals surface area contributed by atoms with E-state index >= 15 is 0 Å². The van der Waals surface area contributed by atoms with E-state index in [9.17, 15) is 0 Å². The predicted octanol–water partition coefficient (Wildman–Crippen LogP) is 3.65. The van der Waals surface area contributed by atoms with Crippen LogP contribution in [-0.4, -0.2) is 23.1 Å². The molecule has 1 fully saturated rings. The maximum absolute atomic E-state index is 4.66. The van der Waals surface area contributed by atoms with Gasteiger partial charge in [0.2, 0.25) is 0 Å². The number of rotatable bonds is 2. The van der Waals surface area contributed by atoms with Gasteiger partial charge in [0.15, 0.2) is 0 Å². The standard InChI is InChI=1S/C17H21N3.ClH/c1-12-3-5-14(6-4-12)16-11-17(20-13(2)19-16)15-7-9-18-10-8-15;/h3-6,11,15,18H,7-10H2,1-2H3;1H. The first-order valence-electron chi connectivity index (χ1n) is 7.36. The molecule has 0 saturated carbocycles. The molecular weight excluding hydrogens is 282 g/mol. The van der Waals surface area contributed by atoms with Crippen LogP contribution in [0, 0.1) is 13.8 Å². The van der Waals surface area contributed by atoms with Gasteiger partial charge in [-0.3, -0.25) is 0 Å². The van der Waals surface area contributed by atoms with Crippen LogP contribution < -0.4 is 5.32 Å². The van der Waals surface area contributed by atoms with Gasteiger partial charge in [-0.1, -0.05) is 29.8 Å². The first kappa shape index (κ1) is 15.9. The molecule has 3 rings (SSSR count). The van der Waals surface area contributed by atoms with Gasteiger partial charge in [0.1, 0.15) is 5.82 Å². The topological polar surface area (TPSA) is 37.8 Å². The Labute approximate surface area is 132 Å². The molecule has 2 aromatic rings. The van der Waals surface area contributed by atoms with Crippen molar-refractivity contribution in [3.05, 3.63) is 47.4 Å². The molecule has 1 N–H and O–H groups in total. The van der Waals surface area contributed by atoms with Gasteiger partial charge in [0.05, 0.1) is 5.69 Å². The van der Waals surface area contributed by atoms with E-state index in [2.05, 4.69) is 52.5 Å². The molecule has 1 saturated heterocycles. The average Bonchev–Trinajstić information content (AvgIpc) is 2.48. The summed E-state index contributed by atoms with van der Waals surface area (Å²) in [6.07, 6.45) is 2.34. The van der Waals surface area contributed by atoms with Crippen molar-refractivity contribution in [2.24, 2.45) is 0 Å². The number of halogens is 1. The van der Waals surface area contributed by atoms with E-state index in [1.165, 1.54) is 29.7 Å². The van der Waals surface area contributed by atoms with Crippen molar-refractivity contribution in [3.8, 4) is 11.3 Å². The monoisotopic (exact) mass is 303 g/mol. The second-order valence-electron chi connectivity index (χ2n) is 5.62. The minimum absolute atomic E-state index is 0. The molecule has 0 unspecified atom stereocenters. The third-order valence-corrected chi connectivity index (χ3v) is 3.96. The van der Waals surface area contributed by atoms with E-state index in [4.69, 9.17) is 0 Å². The largest absolute Gasteiger partial charge is 0.317 e. The van der Waals surface area contributed by atoms with E-state index in [-0.39, 0.29) is 12.4 Å². The minimum atomic E-state index is 0. The first-order chi connectivity index (χ1) is 9.72. The highest BCUT2D eigenvalue weighted by Gasteiger charge is 2.18. The summed E-state index contributed by atoms with van der Waals surface area (Å²) in [6.45, 7) is 6.28. The van der Waals surface area contributed by atoms with Crippen molar-refractivity contribution in [2.45, 2.75) is 32.6 Å². The van der Waals surface area contributed by atoms with Crippen LogP contribution >= 0.6 is 12.4 Å². The summed E-state index contributed by atoms with van der Waals surface area (Å²) in [5, 5.41) is 3.41. The molecule has 0 atom stereocenters. The molecule has 3 nitrogen and oxygen atoms in total. The zero-order chi connectivity index (χ0) is 13.9. The van der Waals surface area contributed by atoms with Crippen LogP contribution in [-0.2, 0) is 0 Å². The fourth-order valence-corrected chi connectivity index (χ4v) is 2.79. The number of hydrogen-bond acceptors (Lipinski definition) is 3. The number of benzene rings is 1. The maximum Gasteiger partial charge on any atom is 0.126 e. The predicted molar refractivity (Wildman–Crippen MR) is 89.0 cm³/mol. The van der Waals surface area contributed by atoms with Gasteiger partial charge >= 0.3 is 0 Å². The van der Waals surface area contributed by atoms with Gasteiger partial charge < -0.3 is 5.32 Å². The number of aromatic nitrogens is 2. The van der Waals surface area contributed by atoms with Gasteiger partial charge in [0.25, 0.3) is 0 Å². The fourth-order valence-electron chi connectivity index (χ4n) is 2.79. The summed E-state index contributed by atoms with van der Waals surface area (Å²) in [7, 11) is 0. The lowest BCUT2D eigenvalue weighted by molar-refractivity contribution is 0.452. The molecular formula is C17H22ClN3. The quantitative estimate of drug-likeness (QED) is 0.920. The van der Waals surface area contributed by atoms with Gasteiger partial charge in [-0.2, -0.15) is 0 Å². The molecule has 21 heavy (non-hydrogen) atoms. The number of hydrogen-bond donors (Lipinski definition) is 1. The molecule has 0 radical (unpaired) electrons. The third kappa shape index (κ3) is 3.80. The highest BCUT2D eigenvalue weighted by atomic mass is 35.5. The summed E-state index contributed by atoms with van der Waals surface area (Å²) in [5.74, 6) is 1.44. The summed E-state index contributed by atoms with van der Waals surface area (Å²) >= 11 is 0. The lowest BCUT2D eigenvalue weighted by Gasteiger charge is -2.22. The molecule has 112 valence electrons. The normalized spacial score (nSPS) is 15.5. The van der Waals surface area contributed by atoms with Crippen LogP contribution in [0.4, 0.5) is 0 Å². The smallest absolute Gasteiger partial charge is 0.126 e. The highest BCUT2D eigenvalue weighted by Crippen LogP contribution is 2.27. The Balaban J connectivity index is 0.00000161. The average molecular weight is 304 g/mol. The van der Waals surface area contributed by atoms with Crippen molar-refractivity contribution >= 4 is 12.4 Å². The van der Waals surface area contributed by atoms with Crippen LogP contribution in [0.15, 0.2) is 30.3 Å².